The zero-order chi connectivity index (χ0) is 13.9. The van der Waals surface area contributed by atoms with Gasteiger partial charge in [0.2, 0.25) is 10.0 Å². The Hall–Kier alpha value is -0.630. The van der Waals surface area contributed by atoms with Crippen LogP contribution in [0.2, 0.25) is 0 Å². The molecule has 102 valence electrons. The fourth-order valence-electron chi connectivity index (χ4n) is 1.09. The number of hydrogen-bond acceptors (Lipinski definition) is 5. The highest BCUT2D eigenvalue weighted by Crippen LogP contribution is 2.24. The lowest BCUT2D eigenvalue weighted by Crippen LogP contribution is -2.22. The lowest BCUT2D eigenvalue weighted by atomic mass is 10.3. The predicted octanol–water partition coefficient (Wildman–Crippen LogP) is 1.19. The Bertz CT molecular complexity index is 484. The average Bonchev–Trinajstić information content (AvgIpc) is 2.29. The van der Waals surface area contributed by atoms with Gasteiger partial charge in [-0.2, -0.15) is 0 Å². The molecular weight excluding hydrogens is 272 g/mol. The second kappa shape index (κ2) is 6.01. The van der Waals surface area contributed by atoms with Gasteiger partial charge < -0.3 is 5.11 Å². The van der Waals surface area contributed by atoms with E-state index in [9.17, 15) is 13.5 Å². The van der Waals surface area contributed by atoms with E-state index < -0.39 is 16.1 Å². The summed E-state index contributed by atoms with van der Waals surface area (Å²) in [6.07, 6.45) is 0.897. The van der Waals surface area contributed by atoms with E-state index in [2.05, 4.69) is 4.98 Å². The van der Waals surface area contributed by atoms with Gasteiger partial charge in [-0.1, -0.05) is 6.92 Å². The highest BCUT2D eigenvalue weighted by Gasteiger charge is 2.18. The van der Waals surface area contributed by atoms with E-state index in [1.807, 2.05) is 6.92 Å². The van der Waals surface area contributed by atoms with Crippen molar-refractivity contribution in [1.82, 2.24) is 9.29 Å². The van der Waals surface area contributed by atoms with Crippen LogP contribution in [0.5, 0.6) is 0 Å². The van der Waals surface area contributed by atoms with Crippen LogP contribution in [-0.4, -0.2) is 48.3 Å². The lowest BCUT2D eigenvalue weighted by Gasteiger charge is -2.14. The summed E-state index contributed by atoms with van der Waals surface area (Å²) >= 11 is 1.41. The van der Waals surface area contributed by atoms with Crippen LogP contribution in [0.4, 0.5) is 0 Å². The molecule has 0 spiro atoms. The van der Waals surface area contributed by atoms with Crippen molar-refractivity contribution in [2.45, 2.75) is 35.1 Å². The van der Waals surface area contributed by atoms with Gasteiger partial charge in [-0.05, 0) is 19.1 Å². The third-order valence-electron chi connectivity index (χ3n) is 2.47. The molecule has 0 bridgehead atoms. The number of nitrogens with zero attached hydrogens (tertiary/aromatic N) is 2. The minimum atomic E-state index is -3.43. The van der Waals surface area contributed by atoms with Crippen molar-refractivity contribution >= 4 is 21.8 Å². The van der Waals surface area contributed by atoms with Gasteiger partial charge in [0.25, 0.3) is 0 Å². The summed E-state index contributed by atoms with van der Waals surface area (Å²) < 4.78 is 24.8. The monoisotopic (exact) mass is 290 g/mol. The first kappa shape index (κ1) is 15.4. The van der Waals surface area contributed by atoms with Crippen molar-refractivity contribution in [2.75, 3.05) is 14.1 Å². The van der Waals surface area contributed by atoms with Crippen molar-refractivity contribution in [3.05, 3.63) is 18.3 Å². The molecular formula is C11H18N2O3S2. The van der Waals surface area contributed by atoms with Crippen molar-refractivity contribution in [1.29, 1.82) is 0 Å². The first-order valence-corrected chi connectivity index (χ1v) is 7.80. The molecule has 7 heteroatoms. The van der Waals surface area contributed by atoms with Crippen molar-refractivity contribution in [3.63, 3.8) is 0 Å². The number of hydrogen-bond donors (Lipinski definition) is 1. The summed E-state index contributed by atoms with van der Waals surface area (Å²) in [5.41, 5.74) is 0. The van der Waals surface area contributed by atoms with Crippen LogP contribution in [0.1, 0.15) is 13.8 Å². The number of sulfonamides is 1. The molecule has 2 unspecified atom stereocenters. The van der Waals surface area contributed by atoms with E-state index in [4.69, 9.17) is 0 Å². The molecule has 0 aromatic carbocycles. The van der Waals surface area contributed by atoms with E-state index in [0.29, 0.717) is 5.03 Å². The van der Waals surface area contributed by atoms with E-state index in [-0.39, 0.29) is 10.1 Å². The molecule has 1 N–H and O–H groups in total. The van der Waals surface area contributed by atoms with Crippen LogP contribution < -0.4 is 0 Å². The molecule has 1 aromatic rings. The quantitative estimate of drug-likeness (QED) is 0.825. The molecule has 0 saturated heterocycles. The Morgan fingerprint density at radius 3 is 2.33 bits per heavy atom. The average molecular weight is 290 g/mol. The van der Waals surface area contributed by atoms with Gasteiger partial charge in [-0.15, -0.1) is 11.8 Å². The fraction of sp³-hybridized carbons (Fsp3) is 0.545. The Balaban J connectivity index is 2.88. The third-order valence-corrected chi connectivity index (χ3v) is 5.52. The van der Waals surface area contributed by atoms with Crippen molar-refractivity contribution in [3.8, 4) is 0 Å². The fourth-order valence-corrected chi connectivity index (χ4v) is 2.77. The first-order chi connectivity index (χ1) is 8.25. The zero-order valence-electron chi connectivity index (χ0n) is 10.9. The molecule has 0 radical (unpaired) electrons. The highest BCUT2D eigenvalue weighted by atomic mass is 32.2. The number of rotatable bonds is 5. The standard InChI is InChI=1S/C11H18N2O3S2/c1-8(14)9(2)17-11-6-5-10(7-12-11)18(15,16)13(3)4/h5-9,14H,1-4H3. The van der Waals surface area contributed by atoms with Gasteiger partial charge in [0.15, 0.2) is 0 Å². The largest absolute Gasteiger partial charge is 0.392 e. The summed E-state index contributed by atoms with van der Waals surface area (Å²) in [6.45, 7) is 3.60. The second-order valence-electron chi connectivity index (χ2n) is 4.18. The van der Waals surface area contributed by atoms with E-state index >= 15 is 0 Å². The van der Waals surface area contributed by atoms with E-state index in [0.717, 1.165) is 4.31 Å². The van der Waals surface area contributed by atoms with Crippen LogP contribution in [0.25, 0.3) is 0 Å². The molecule has 0 aliphatic carbocycles. The van der Waals surface area contributed by atoms with Gasteiger partial charge in [0.05, 0.1) is 11.1 Å². The van der Waals surface area contributed by atoms with Crippen LogP contribution in [0, 0.1) is 0 Å². The maximum absolute atomic E-state index is 11.8. The summed E-state index contributed by atoms with van der Waals surface area (Å²) in [5, 5.41) is 10.1. The molecule has 1 rings (SSSR count). The van der Waals surface area contributed by atoms with Gasteiger partial charge in [-0.25, -0.2) is 17.7 Å². The third kappa shape index (κ3) is 3.68. The molecule has 0 fully saturated rings. The molecule has 0 amide bonds. The summed E-state index contributed by atoms with van der Waals surface area (Å²) in [5.74, 6) is 0. The van der Waals surface area contributed by atoms with Crippen LogP contribution in [0.3, 0.4) is 0 Å². The number of aliphatic hydroxyl groups is 1. The molecule has 5 nitrogen and oxygen atoms in total. The smallest absolute Gasteiger partial charge is 0.244 e. The summed E-state index contributed by atoms with van der Waals surface area (Å²) in [4.78, 5) is 4.26. The lowest BCUT2D eigenvalue weighted by molar-refractivity contribution is 0.196. The molecule has 1 heterocycles. The maximum Gasteiger partial charge on any atom is 0.244 e. The Labute approximate surface area is 112 Å². The molecule has 0 aliphatic heterocycles. The number of aromatic nitrogens is 1. The Morgan fingerprint density at radius 2 is 1.94 bits per heavy atom. The number of thioether (sulfide) groups is 1. The molecule has 0 aliphatic rings. The summed E-state index contributed by atoms with van der Waals surface area (Å²) in [6, 6.07) is 3.18. The minimum Gasteiger partial charge on any atom is -0.392 e. The second-order valence-corrected chi connectivity index (χ2v) is 7.73. The van der Waals surface area contributed by atoms with Gasteiger partial charge in [-0.3, -0.25) is 0 Å². The zero-order valence-corrected chi connectivity index (χ0v) is 12.5. The number of pyridine rings is 1. The molecule has 18 heavy (non-hydrogen) atoms. The summed E-state index contributed by atoms with van der Waals surface area (Å²) in [7, 11) is -0.467. The normalized spacial score (nSPS) is 15.7. The minimum absolute atomic E-state index is 0.00815. The SMILES string of the molecule is CC(O)C(C)Sc1ccc(S(=O)(=O)N(C)C)cn1. The van der Waals surface area contributed by atoms with Crippen LogP contribution >= 0.6 is 11.8 Å². The van der Waals surface area contributed by atoms with E-state index in [1.54, 1.807) is 13.0 Å². The van der Waals surface area contributed by atoms with Gasteiger partial charge in [0, 0.05) is 25.5 Å². The highest BCUT2D eigenvalue weighted by molar-refractivity contribution is 7.99. The van der Waals surface area contributed by atoms with Gasteiger partial charge in [0.1, 0.15) is 4.90 Å². The van der Waals surface area contributed by atoms with Gasteiger partial charge >= 0.3 is 0 Å². The molecule has 2 atom stereocenters. The predicted molar refractivity (Wildman–Crippen MR) is 72.1 cm³/mol. The first-order valence-electron chi connectivity index (χ1n) is 5.48. The van der Waals surface area contributed by atoms with Crippen molar-refractivity contribution < 1.29 is 13.5 Å². The molecule has 0 saturated carbocycles. The topological polar surface area (TPSA) is 70.5 Å². The Morgan fingerprint density at radius 1 is 1.33 bits per heavy atom. The van der Waals surface area contributed by atoms with Crippen molar-refractivity contribution in [2.24, 2.45) is 0 Å². The maximum atomic E-state index is 11.8. The van der Waals surface area contributed by atoms with Crippen LogP contribution in [-0.2, 0) is 10.0 Å². The molecule has 1 aromatic heterocycles. The van der Waals surface area contributed by atoms with Crippen LogP contribution in [0.15, 0.2) is 28.3 Å². The Kier molecular flexibility index (Phi) is 5.15. The van der Waals surface area contributed by atoms with E-state index in [1.165, 1.54) is 38.1 Å². The number of aliphatic hydroxyl groups excluding tert-OH is 1.